The minimum absolute atomic E-state index is 0.453. The lowest BCUT2D eigenvalue weighted by molar-refractivity contribution is -0.134. The molecule has 2 aromatic rings. The molecule has 0 aliphatic carbocycles. The Kier molecular flexibility index (Phi) is 4.37. The Hall–Kier alpha value is -2.54. The maximum Gasteiger partial charge on any atom is 0.261 e. The van der Waals surface area contributed by atoms with Crippen LogP contribution < -0.4 is 10.5 Å². The number of benzene rings is 1. The third kappa shape index (κ3) is 2.75. The molecule has 0 aliphatic heterocycles. The Bertz CT molecular complexity index is 756. The average Bonchev–Trinajstić information content (AvgIpc) is 2.51. The van der Waals surface area contributed by atoms with Crippen molar-refractivity contribution >= 4 is 16.8 Å². The van der Waals surface area contributed by atoms with Crippen molar-refractivity contribution in [3.63, 3.8) is 0 Å². The van der Waals surface area contributed by atoms with Crippen LogP contribution in [0.15, 0.2) is 24.4 Å². The smallest absolute Gasteiger partial charge is 0.261 e. The summed E-state index contributed by atoms with van der Waals surface area (Å²) in [5, 5.41) is 0.885. The molecule has 1 heterocycles. The van der Waals surface area contributed by atoms with E-state index in [1.54, 1.807) is 6.20 Å². The number of hydrogen-bond donors (Lipinski definition) is 1. The van der Waals surface area contributed by atoms with Crippen molar-refractivity contribution < 1.29 is 9.53 Å². The third-order valence-corrected chi connectivity index (χ3v) is 4.02. The molecule has 0 saturated heterocycles. The second kappa shape index (κ2) is 6.07. The average molecular weight is 296 g/mol. The van der Waals surface area contributed by atoms with Crippen LogP contribution in [0.4, 0.5) is 0 Å². The van der Waals surface area contributed by atoms with Gasteiger partial charge in [0, 0.05) is 17.1 Å². The highest BCUT2D eigenvalue weighted by Crippen LogP contribution is 2.29. The zero-order valence-electron chi connectivity index (χ0n) is 13.1. The number of ether oxygens (including phenoxy) is 1. The summed E-state index contributed by atoms with van der Waals surface area (Å²) in [6.07, 6.45) is 8.11. The minimum Gasteiger partial charge on any atom is -0.477 e. The lowest BCUT2D eigenvalue weighted by Gasteiger charge is -2.29. The summed E-state index contributed by atoms with van der Waals surface area (Å²) in [5.74, 6) is 2.72. The molecule has 0 saturated carbocycles. The summed E-state index contributed by atoms with van der Waals surface area (Å²) in [5.41, 5.74) is 7.07. The van der Waals surface area contributed by atoms with Gasteiger partial charge < -0.3 is 10.5 Å². The van der Waals surface area contributed by atoms with E-state index < -0.39 is 11.5 Å². The molecule has 1 amide bonds. The molecule has 4 heteroatoms. The van der Waals surface area contributed by atoms with E-state index >= 15 is 0 Å². The normalized spacial score (nSPS) is 11.2. The maximum atomic E-state index is 11.8. The largest absolute Gasteiger partial charge is 0.477 e. The quantitative estimate of drug-likeness (QED) is 0.863. The van der Waals surface area contributed by atoms with Gasteiger partial charge in [0.05, 0.1) is 5.52 Å². The van der Waals surface area contributed by atoms with E-state index in [0.717, 1.165) is 16.5 Å². The van der Waals surface area contributed by atoms with E-state index in [0.29, 0.717) is 24.2 Å². The fourth-order valence-electron chi connectivity index (χ4n) is 2.55. The molecule has 0 atom stereocenters. The Morgan fingerprint density at radius 3 is 2.59 bits per heavy atom. The Balaban J connectivity index is 2.52. The van der Waals surface area contributed by atoms with Crippen LogP contribution in [0.5, 0.6) is 5.75 Å². The van der Waals surface area contributed by atoms with Gasteiger partial charge in [0.15, 0.2) is 5.60 Å². The monoisotopic (exact) mass is 296 g/mol. The van der Waals surface area contributed by atoms with Crippen molar-refractivity contribution in [3.8, 4) is 18.1 Å². The first-order chi connectivity index (χ1) is 10.5. The van der Waals surface area contributed by atoms with Crippen LogP contribution in [-0.4, -0.2) is 16.5 Å². The van der Waals surface area contributed by atoms with Crippen LogP contribution >= 0.6 is 0 Å². The highest BCUT2D eigenvalue weighted by Gasteiger charge is 2.35. The van der Waals surface area contributed by atoms with Gasteiger partial charge in [0.2, 0.25) is 0 Å². The van der Waals surface area contributed by atoms with E-state index in [2.05, 4.69) is 10.9 Å². The number of fused-ring (bicyclic) bond motifs is 1. The molecule has 4 nitrogen and oxygen atoms in total. The predicted octanol–water partition coefficient (Wildman–Crippen LogP) is 2.95. The third-order valence-electron chi connectivity index (χ3n) is 4.02. The Morgan fingerprint density at radius 1 is 1.36 bits per heavy atom. The SMILES string of the molecule is C#Cc1cnc2c(C)cc(OC(CC)(CC)C(N)=O)cc2c1. The molecular formula is C18H20N2O2. The number of nitrogens with two attached hydrogens (primary N) is 1. The zero-order chi connectivity index (χ0) is 16.3. The lowest BCUT2D eigenvalue weighted by atomic mass is 9.96. The van der Waals surface area contributed by atoms with Gasteiger partial charge in [-0.05, 0) is 43.5 Å². The summed E-state index contributed by atoms with van der Waals surface area (Å²) in [7, 11) is 0. The molecule has 0 bridgehead atoms. The van der Waals surface area contributed by atoms with E-state index in [1.807, 2.05) is 39.0 Å². The molecule has 2 N–H and O–H groups in total. The second-order valence-electron chi connectivity index (χ2n) is 5.35. The molecule has 0 radical (unpaired) electrons. The van der Waals surface area contributed by atoms with Gasteiger partial charge in [0.1, 0.15) is 5.75 Å². The van der Waals surface area contributed by atoms with E-state index in [4.69, 9.17) is 16.9 Å². The summed E-state index contributed by atoms with van der Waals surface area (Å²) in [6, 6.07) is 5.60. The maximum absolute atomic E-state index is 11.8. The van der Waals surface area contributed by atoms with E-state index in [1.165, 1.54) is 0 Å². The minimum atomic E-state index is -0.989. The van der Waals surface area contributed by atoms with Crippen molar-refractivity contribution in [2.24, 2.45) is 5.73 Å². The van der Waals surface area contributed by atoms with Crippen molar-refractivity contribution in [2.45, 2.75) is 39.2 Å². The lowest BCUT2D eigenvalue weighted by Crippen LogP contribution is -2.48. The van der Waals surface area contributed by atoms with Crippen LogP contribution in [0.1, 0.15) is 37.8 Å². The van der Waals surface area contributed by atoms with Gasteiger partial charge in [-0.25, -0.2) is 0 Å². The molecule has 0 spiro atoms. The van der Waals surface area contributed by atoms with E-state index in [-0.39, 0.29) is 0 Å². The summed E-state index contributed by atoms with van der Waals surface area (Å²) >= 11 is 0. The van der Waals surface area contributed by atoms with E-state index in [9.17, 15) is 4.79 Å². The van der Waals surface area contributed by atoms with Gasteiger partial charge in [-0.1, -0.05) is 19.8 Å². The van der Waals surface area contributed by atoms with Gasteiger partial charge in [-0.2, -0.15) is 0 Å². The standard InChI is InChI=1S/C18H20N2O2/c1-5-13-9-14-10-15(8-12(4)16(14)20-11-13)22-18(6-2,7-3)17(19)21/h1,8-11H,6-7H2,2-4H3,(H2,19,21). The number of terminal acetylenes is 1. The summed E-state index contributed by atoms with van der Waals surface area (Å²) in [4.78, 5) is 16.2. The van der Waals surface area contributed by atoms with Gasteiger partial charge >= 0.3 is 0 Å². The van der Waals surface area contributed by atoms with Gasteiger partial charge in [0.25, 0.3) is 5.91 Å². The summed E-state index contributed by atoms with van der Waals surface area (Å²) < 4.78 is 5.97. The number of carbonyl (C=O) groups excluding carboxylic acids is 1. The fourth-order valence-corrected chi connectivity index (χ4v) is 2.55. The number of rotatable bonds is 5. The summed E-state index contributed by atoms with van der Waals surface area (Å²) in [6.45, 7) is 5.72. The van der Waals surface area contributed by atoms with Crippen LogP contribution in [-0.2, 0) is 4.79 Å². The highest BCUT2D eigenvalue weighted by atomic mass is 16.5. The molecule has 0 unspecified atom stereocenters. The topological polar surface area (TPSA) is 65.2 Å². The first-order valence-corrected chi connectivity index (χ1v) is 7.31. The second-order valence-corrected chi connectivity index (χ2v) is 5.35. The number of aromatic nitrogens is 1. The molecule has 1 aromatic carbocycles. The molecule has 1 aromatic heterocycles. The van der Waals surface area contributed by atoms with Gasteiger partial charge in [-0.3, -0.25) is 9.78 Å². The van der Waals surface area contributed by atoms with Crippen LogP contribution in [0.3, 0.4) is 0 Å². The molecule has 0 aliphatic rings. The fraction of sp³-hybridized carbons (Fsp3) is 0.333. The number of primary amides is 1. The van der Waals surface area contributed by atoms with Gasteiger partial charge in [-0.15, -0.1) is 6.42 Å². The van der Waals surface area contributed by atoms with Crippen molar-refractivity contribution in [3.05, 3.63) is 35.5 Å². The predicted molar refractivity (Wildman–Crippen MR) is 87.6 cm³/mol. The first kappa shape index (κ1) is 15.8. The Morgan fingerprint density at radius 2 is 2.05 bits per heavy atom. The molecule has 0 fully saturated rings. The number of hydrogen-bond acceptors (Lipinski definition) is 3. The molecule has 2 rings (SSSR count). The Labute approximate surface area is 130 Å². The molecule has 22 heavy (non-hydrogen) atoms. The van der Waals surface area contributed by atoms with Crippen molar-refractivity contribution in [2.75, 3.05) is 0 Å². The van der Waals surface area contributed by atoms with Crippen LogP contribution in [0.25, 0.3) is 10.9 Å². The van der Waals surface area contributed by atoms with Crippen LogP contribution in [0.2, 0.25) is 0 Å². The first-order valence-electron chi connectivity index (χ1n) is 7.31. The molecule has 114 valence electrons. The zero-order valence-corrected chi connectivity index (χ0v) is 13.1. The number of pyridine rings is 1. The number of aryl methyl sites for hydroxylation is 1. The number of nitrogens with zero attached hydrogens (tertiary/aromatic N) is 1. The molecular weight excluding hydrogens is 276 g/mol. The number of amides is 1. The van der Waals surface area contributed by atoms with Crippen LogP contribution in [0, 0.1) is 19.3 Å². The van der Waals surface area contributed by atoms with Crippen molar-refractivity contribution in [1.82, 2.24) is 4.98 Å². The highest BCUT2D eigenvalue weighted by molar-refractivity contribution is 5.86. The number of carbonyl (C=O) groups is 1. The van der Waals surface area contributed by atoms with Crippen molar-refractivity contribution in [1.29, 1.82) is 0 Å².